The van der Waals surface area contributed by atoms with E-state index in [-0.39, 0.29) is 6.61 Å². The number of anilines is 1. The van der Waals surface area contributed by atoms with Gasteiger partial charge in [0.05, 0.1) is 18.0 Å². The smallest absolute Gasteiger partial charge is 0.322 e. The number of ether oxygens (including phenoxy) is 1. The molecule has 1 amide bonds. The molecule has 2 aromatic carbocycles. The molecule has 7 heteroatoms. The summed E-state index contributed by atoms with van der Waals surface area (Å²) in [6, 6.07) is 15.5. The third-order valence-electron chi connectivity index (χ3n) is 7.61. The normalized spacial score (nSPS) is 26.4. The van der Waals surface area contributed by atoms with Crippen LogP contribution in [0.2, 0.25) is 0 Å². The van der Waals surface area contributed by atoms with Crippen molar-refractivity contribution in [2.24, 2.45) is 21.8 Å². The first-order chi connectivity index (χ1) is 17.0. The second-order valence-electron chi connectivity index (χ2n) is 10.1. The number of nitrogens with zero attached hydrogens (tertiary/aromatic N) is 4. The highest BCUT2D eigenvalue weighted by Crippen LogP contribution is 2.36. The molecule has 1 unspecified atom stereocenters. The van der Waals surface area contributed by atoms with Gasteiger partial charge in [-0.1, -0.05) is 48.5 Å². The van der Waals surface area contributed by atoms with Crippen LogP contribution < -0.4 is 4.90 Å². The number of benzodiazepines with no additional fused rings is 1. The third-order valence-corrected chi connectivity index (χ3v) is 7.61. The molecule has 1 aliphatic carbocycles. The number of likely N-dealkylation sites (N-methyl/N-ethyl adjacent to an activating group) is 1. The van der Waals surface area contributed by atoms with Gasteiger partial charge in [-0.25, -0.2) is 9.79 Å². The Kier molecular flexibility index (Phi) is 6.65. The molecule has 1 atom stereocenters. The molecule has 0 spiro atoms. The first kappa shape index (κ1) is 23.6. The zero-order valence-electron chi connectivity index (χ0n) is 20.4. The maximum Gasteiger partial charge on any atom is 0.351 e. The van der Waals surface area contributed by atoms with Crippen LogP contribution in [-0.4, -0.2) is 55.1 Å². The van der Waals surface area contributed by atoms with Crippen LogP contribution in [0, 0.1) is 18.8 Å². The lowest BCUT2D eigenvalue weighted by atomic mass is 9.84. The number of fused-ring (bicyclic) bond motifs is 5. The zero-order chi connectivity index (χ0) is 24.4. The summed E-state index contributed by atoms with van der Waals surface area (Å²) < 4.78 is 6.10. The number of hydrogen-bond acceptors (Lipinski definition) is 6. The number of amides is 1. The highest BCUT2D eigenvalue weighted by atomic mass is 16.5. The molecule has 35 heavy (non-hydrogen) atoms. The molecule has 182 valence electrons. The van der Waals surface area contributed by atoms with Crippen molar-refractivity contribution in [1.82, 2.24) is 4.90 Å². The molecule has 2 bridgehead atoms. The zero-order valence-corrected chi connectivity index (χ0v) is 20.4. The fourth-order valence-corrected chi connectivity index (χ4v) is 5.83. The van der Waals surface area contributed by atoms with Gasteiger partial charge in [0, 0.05) is 32.2 Å². The predicted molar refractivity (Wildman–Crippen MR) is 135 cm³/mol. The molecule has 3 heterocycles. The molecule has 6 rings (SSSR count). The number of hydrogen-bond donors (Lipinski definition) is 0. The van der Waals surface area contributed by atoms with Gasteiger partial charge in [0.25, 0.3) is 0 Å². The molecule has 7 nitrogen and oxygen atoms in total. The van der Waals surface area contributed by atoms with Gasteiger partial charge in [0.15, 0.2) is 0 Å². The summed E-state index contributed by atoms with van der Waals surface area (Å²) in [5, 5.41) is 0. The van der Waals surface area contributed by atoms with E-state index < -0.39 is 11.8 Å². The Labute approximate surface area is 206 Å². The van der Waals surface area contributed by atoms with E-state index in [1.54, 1.807) is 13.1 Å². The van der Waals surface area contributed by atoms with Crippen molar-refractivity contribution < 1.29 is 14.3 Å². The predicted octanol–water partition coefficient (Wildman–Crippen LogP) is 4.09. The van der Waals surface area contributed by atoms with E-state index in [9.17, 15) is 9.59 Å². The second kappa shape index (κ2) is 9.86. The van der Waals surface area contributed by atoms with Crippen molar-refractivity contribution in [2.45, 2.75) is 45.1 Å². The number of carbonyl (C=O) groups excluding carboxylic acids is 2. The molecule has 4 aliphatic rings. The fourth-order valence-electron chi connectivity index (χ4n) is 5.83. The SMILES string of the molecule is Cc1cccc2c1N(C)C(=O)C(N=C=O)(OCc1ccccc1)N=C2CN1CC2CCC(CC2)C1. The Morgan fingerprint density at radius 2 is 1.74 bits per heavy atom. The summed E-state index contributed by atoms with van der Waals surface area (Å²) in [7, 11) is 1.69. The molecule has 0 radical (unpaired) electrons. The van der Waals surface area contributed by atoms with Crippen LogP contribution in [0.25, 0.3) is 0 Å². The molecular weight excluding hydrogens is 440 g/mol. The summed E-state index contributed by atoms with van der Waals surface area (Å²) in [5.41, 5.74) is 4.19. The van der Waals surface area contributed by atoms with Gasteiger partial charge in [-0.05, 0) is 55.6 Å². The average molecular weight is 473 g/mol. The second-order valence-corrected chi connectivity index (χ2v) is 10.1. The van der Waals surface area contributed by atoms with Gasteiger partial charge in [-0.15, -0.1) is 4.99 Å². The number of aryl methyl sites for hydroxylation is 1. The number of carbonyl (C=O) groups is 1. The first-order valence-electron chi connectivity index (χ1n) is 12.4. The maximum atomic E-state index is 13.8. The Morgan fingerprint density at radius 1 is 1.06 bits per heavy atom. The van der Waals surface area contributed by atoms with E-state index in [4.69, 9.17) is 9.73 Å². The van der Waals surface area contributed by atoms with E-state index in [1.165, 1.54) is 30.6 Å². The summed E-state index contributed by atoms with van der Waals surface area (Å²) in [5.74, 6) is -1.11. The van der Waals surface area contributed by atoms with Crippen LogP contribution >= 0.6 is 0 Å². The van der Waals surface area contributed by atoms with E-state index in [0.717, 1.165) is 41.2 Å². The minimum atomic E-state index is -2.02. The van der Waals surface area contributed by atoms with Crippen LogP contribution in [0.1, 0.15) is 42.4 Å². The van der Waals surface area contributed by atoms with Gasteiger partial charge < -0.3 is 9.64 Å². The molecule has 2 saturated heterocycles. The summed E-state index contributed by atoms with van der Waals surface area (Å²) >= 11 is 0. The van der Waals surface area contributed by atoms with E-state index >= 15 is 0 Å². The molecule has 3 aliphatic heterocycles. The van der Waals surface area contributed by atoms with Crippen molar-refractivity contribution in [3.8, 4) is 0 Å². The van der Waals surface area contributed by atoms with Crippen molar-refractivity contribution in [3.63, 3.8) is 0 Å². The Bertz CT molecular complexity index is 1150. The van der Waals surface area contributed by atoms with Crippen LogP contribution in [0.15, 0.2) is 58.5 Å². The van der Waals surface area contributed by atoms with Crippen molar-refractivity contribution in [1.29, 1.82) is 0 Å². The topological polar surface area (TPSA) is 74.6 Å². The lowest BCUT2D eigenvalue weighted by Crippen LogP contribution is -2.47. The summed E-state index contributed by atoms with van der Waals surface area (Å²) in [4.78, 5) is 38.2. The van der Waals surface area contributed by atoms with Gasteiger partial charge in [-0.2, -0.15) is 0 Å². The number of aliphatic imine (C=N–C) groups is 2. The Morgan fingerprint density at radius 3 is 2.40 bits per heavy atom. The quantitative estimate of drug-likeness (QED) is 0.469. The summed E-state index contributed by atoms with van der Waals surface area (Å²) in [6.45, 7) is 4.69. The molecule has 1 saturated carbocycles. The number of para-hydroxylation sites is 1. The molecule has 0 aromatic heterocycles. The Hall–Kier alpha value is -3.12. The fraction of sp³-hybridized carbons (Fsp3) is 0.464. The highest BCUT2D eigenvalue weighted by molar-refractivity contribution is 6.15. The van der Waals surface area contributed by atoms with Crippen molar-refractivity contribution >= 4 is 23.4 Å². The largest absolute Gasteiger partial charge is 0.351 e. The monoisotopic (exact) mass is 472 g/mol. The van der Waals surface area contributed by atoms with Gasteiger partial charge in [-0.3, -0.25) is 9.69 Å². The molecule has 0 N–H and O–H groups in total. The first-order valence-corrected chi connectivity index (χ1v) is 12.4. The van der Waals surface area contributed by atoms with Crippen LogP contribution in [0.3, 0.4) is 0 Å². The van der Waals surface area contributed by atoms with E-state index in [1.807, 2.05) is 55.5 Å². The van der Waals surface area contributed by atoms with Crippen molar-refractivity contribution in [2.75, 3.05) is 31.6 Å². The lowest BCUT2D eigenvalue weighted by Gasteiger charge is -2.27. The Balaban J connectivity index is 1.57. The third kappa shape index (κ3) is 4.72. The standard InChI is InChI=1S/C28H32N4O3/c1-20-7-6-10-24-25(17-32-15-21-11-12-22(16-32)14-13-21)30-28(29-19-33,27(34)31(2)26(20)24)35-18-23-8-4-3-5-9-23/h3-10,21-22H,11-18H2,1-2H3. The van der Waals surface area contributed by atoms with Crippen molar-refractivity contribution in [3.05, 3.63) is 65.2 Å². The van der Waals surface area contributed by atoms with Crippen LogP contribution in [0.4, 0.5) is 5.69 Å². The van der Waals surface area contributed by atoms with E-state index in [0.29, 0.717) is 18.4 Å². The number of isocyanates is 1. The van der Waals surface area contributed by atoms with Crippen LogP contribution in [0.5, 0.6) is 0 Å². The summed E-state index contributed by atoms with van der Waals surface area (Å²) in [6.07, 6.45) is 6.70. The number of rotatable bonds is 6. The van der Waals surface area contributed by atoms with Gasteiger partial charge >= 0.3 is 11.8 Å². The maximum absolute atomic E-state index is 13.8. The average Bonchev–Trinajstić information content (AvgIpc) is 3.22. The minimum absolute atomic E-state index is 0.0889. The molecule has 2 aromatic rings. The molecule has 3 fully saturated rings. The highest BCUT2D eigenvalue weighted by Gasteiger charge is 2.46. The van der Waals surface area contributed by atoms with E-state index in [2.05, 4.69) is 9.89 Å². The van der Waals surface area contributed by atoms with Gasteiger partial charge in [0.2, 0.25) is 6.08 Å². The van der Waals surface area contributed by atoms with Crippen LogP contribution in [-0.2, 0) is 20.9 Å². The minimum Gasteiger partial charge on any atom is -0.322 e. The number of benzene rings is 2. The van der Waals surface area contributed by atoms with Gasteiger partial charge in [0.1, 0.15) is 0 Å². The molecular formula is C28H32N4O3. The lowest BCUT2D eigenvalue weighted by molar-refractivity contribution is -0.143.